The average Bonchev–Trinajstić information content (AvgIpc) is 2.86. The molecule has 0 aromatic heterocycles. The molecule has 26 heavy (non-hydrogen) atoms. The fourth-order valence-corrected chi connectivity index (χ4v) is 4.04. The predicted molar refractivity (Wildman–Crippen MR) is 93.1 cm³/mol. The number of carbonyl (C=O) groups is 3. The second-order valence-corrected chi connectivity index (χ2v) is 9.29. The molecule has 1 aromatic carbocycles. The van der Waals surface area contributed by atoms with Gasteiger partial charge in [-0.2, -0.15) is 0 Å². The van der Waals surface area contributed by atoms with Crippen molar-refractivity contribution < 1.29 is 22.8 Å². The second kappa shape index (κ2) is 6.71. The van der Waals surface area contributed by atoms with Crippen LogP contribution in [0.4, 0.5) is 4.79 Å². The molecule has 1 aromatic rings. The van der Waals surface area contributed by atoms with Gasteiger partial charge in [0.2, 0.25) is 11.8 Å². The summed E-state index contributed by atoms with van der Waals surface area (Å²) in [6, 6.07) is 5.64. The highest BCUT2D eigenvalue weighted by atomic mass is 32.2. The van der Waals surface area contributed by atoms with Gasteiger partial charge in [-0.25, -0.2) is 13.2 Å². The molecule has 2 fully saturated rings. The Morgan fingerprint density at radius 3 is 2.31 bits per heavy atom. The Bertz CT molecular complexity index is 826. The van der Waals surface area contributed by atoms with Gasteiger partial charge in [0.15, 0.2) is 9.84 Å². The first-order valence-electron chi connectivity index (χ1n) is 8.40. The molecule has 0 aliphatic carbocycles. The molecule has 0 spiro atoms. The van der Waals surface area contributed by atoms with Gasteiger partial charge in [-0.1, -0.05) is 12.1 Å². The van der Waals surface area contributed by atoms with E-state index in [1.165, 1.54) is 17.0 Å². The van der Waals surface area contributed by atoms with Crippen molar-refractivity contribution in [3.8, 4) is 0 Å². The van der Waals surface area contributed by atoms with E-state index in [0.717, 1.165) is 5.56 Å². The number of rotatable bonds is 5. The van der Waals surface area contributed by atoms with Gasteiger partial charge >= 0.3 is 6.03 Å². The molecular weight excluding hydrogens is 358 g/mol. The van der Waals surface area contributed by atoms with Crippen molar-refractivity contribution in [3.05, 3.63) is 29.8 Å². The van der Waals surface area contributed by atoms with Crippen molar-refractivity contribution in [3.63, 3.8) is 0 Å². The first-order valence-corrected chi connectivity index (χ1v) is 9.95. The molecule has 0 bridgehead atoms. The molecule has 0 radical (unpaired) electrons. The van der Waals surface area contributed by atoms with Gasteiger partial charge in [-0.05, 0) is 31.5 Å². The molecule has 8 nitrogen and oxygen atoms in total. The zero-order valence-corrected chi connectivity index (χ0v) is 15.5. The van der Waals surface area contributed by atoms with Crippen LogP contribution < -0.4 is 5.32 Å². The molecule has 4 amide bonds. The summed E-state index contributed by atoms with van der Waals surface area (Å²) in [6.45, 7) is 3.92. The molecular formula is C17H21N3O5S. The lowest BCUT2D eigenvalue weighted by molar-refractivity contribution is -0.141. The molecule has 140 valence electrons. The summed E-state index contributed by atoms with van der Waals surface area (Å²) in [5.74, 6) is -0.387. The number of urea groups is 1. The van der Waals surface area contributed by atoms with Gasteiger partial charge in [0.25, 0.3) is 0 Å². The van der Waals surface area contributed by atoms with Crippen molar-refractivity contribution in [2.75, 3.05) is 19.6 Å². The number of nitrogens with zero attached hydrogens (tertiary/aromatic N) is 2. The van der Waals surface area contributed by atoms with Crippen LogP contribution in [0.3, 0.4) is 0 Å². The lowest BCUT2D eigenvalue weighted by atomic mass is 10.0. The maximum absolute atomic E-state index is 12.3. The van der Waals surface area contributed by atoms with Crippen LogP contribution in [0.25, 0.3) is 0 Å². The first-order chi connectivity index (χ1) is 12.2. The minimum absolute atomic E-state index is 0.00884. The lowest BCUT2D eigenvalue weighted by Gasteiger charge is -2.42. The molecule has 9 heteroatoms. The van der Waals surface area contributed by atoms with E-state index < -0.39 is 21.1 Å². The van der Waals surface area contributed by atoms with Crippen molar-refractivity contribution in [2.45, 2.75) is 36.5 Å². The molecule has 1 N–H and O–H groups in total. The number of likely N-dealkylation sites (tertiary alicyclic amines) is 1. The summed E-state index contributed by atoms with van der Waals surface area (Å²) in [5, 5.41) is 1.96. The van der Waals surface area contributed by atoms with Gasteiger partial charge in [0.05, 0.1) is 29.2 Å². The van der Waals surface area contributed by atoms with Crippen LogP contribution in [0.5, 0.6) is 0 Å². The van der Waals surface area contributed by atoms with Gasteiger partial charge in [-0.3, -0.25) is 14.5 Å². The fourth-order valence-electron chi connectivity index (χ4n) is 2.98. The van der Waals surface area contributed by atoms with Crippen LogP contribution in [0.2, 0.25) is 0 Å². The fraction of sp³-hybridized carbons (Fsp3) is 0.471. The Morgan fingerprint density at radius 1 is 1.19 bits per heavy atom. The van der Waals surface area contributed by atoms with E-state index in [2.05, 4.69) is 5.32 Å². The van der Waals surface area contributed by atoms with E-state index in [9.17, 15) is 22.8 Å². The third-order valence-electron chi connectivity index (χ3n) is 4.69. The maximum atomic E-state index is 12.3. The van der Waals surface area contributed by atoms with Crippen LogP contribution in [-0.4, -0.2) is 67.0 Å². The minimum atomic E-state index is -3.33. The molecule has 2 saturated heterocycles. The predicted octanol–water partition coefficient (Wildman–Crippen LogP) is 0.174. The summed E-state index contributed by atoms with van der Waals surface area (Å²) < 4.78 is 24.2. The second-order valence-electron chi connectivity index (χ2n) is 6.79. The van der Waals surface area contributed by atoms with Crippen molar-refractivity contribution in [1.29, 1.82) is 0 Å². The molecule has 2 heterocycles. The quantitative estimate of drug-likeness (QED) is 0.735. The van der Waals surface area contributed by atoms with E-state index in [4.69, 9.17) is 0 Å². The Morgan fingerprint density at radius 2 is 1.81 bits per heavy atom. The summed E-state index contributed by atoms with van der Waals surface area (Å²) in [6.07, 6.45) is 0.148. The van der Waals surface area contributed by atoms with Crippen molar-refractivity contribution in [1.82, 2.24) is 15.1 Å². The highest BCUT2D eigenvalue weighted by Crippen LogP contribution is 2.20. The van der Waals surface area contributed by atoms with Gasteiger partial charge in [0, 0.05) is 13.1 Å². The summed E-state index contributed by atoms with van der Waals surface area (Å²) in [7, 11) is -3.33. The Hall–Kier alpha value is -2.42. The number of imide groups is 1. The van der Waals surface area contributed by atoms with E-state index in [-0.39, 0.29) is 35.7 Å². The van der Waals surface area contributed by atoms with E-state index in [0.29, 0.717) is 13.1 Å². The zero-order chi connectivity index (χ0) is 19.1. The molecule has 0 atom stereocenters. The number of nitrogens with one attached hydrogen (secondary N) is 1. The molecule has 0 unspecified atom stereocenters. The number of hydrogen-bond donors (Lipinski definition) is 1. The van der Waals surface area contributed by atoms with Crippen LogP contribution in [0, 0.1) is 0 Å². The van der Waals surface area contributed by atoms with Crippen LogP contribution in [-0.2, 0) is 25.8 Å². The van der Waals surface area contributed by atoms with Crippen LogP contribution in [0.15, 0.2) is 29.2 Å². The Labute approximate surface area is 152 Å². The Balaban J connectivity index is 1.57. The van der Waals surface area contributed by atoms with E-state index in [1.54, 1.807) is 30.9 Å². The molecule has 2 aliphatic rings. The normalized spacial score (nSPS) is 18.3. The molecule has 0 saturated carbocycles. The number of amides is 4. The summed E-state index contributed by atoms with van der Waals surface area (Å²) in [4.78, 5) is 38.5. The van der Waals surface area contributed by atoms with Crippen molar-refractivity contribution in [2.24, 2.45) is 0 Å². The largest absolute Gasteiger partial charge is 0.338 e. The number of carbonyl (C=O) groups excluding carboxylic acids is 3. The van der Waals surface area contributed by atoms with E-state index in [1.807, 2.05) is 0 Å². The highest BCUT2D eigenvalue weighted by Gasteiger charge is 2.42. The average molecular weight is 379 g/mol. The Kier molecular flexibility index (Phi) is 4.74. The van der Waals surface area contributed by atoms with Crippen molar-refractivity contribution >= 4 is 27.7 Å². The summed E-state index contributed by atoms with van der Waals surface area (Å²) >= 11 is 0. The third kappa shape index (κ3) is 3.31. The standard InChI is InChI=1S/C17H21N3O5S/c1-11(2)26(24,25)14-5-3-12(4-6-14)7-15(21)19-9-13(10-19)20-16(22)8-18-17(20)23/h3-6,11,13H,7-10H2,1-2H3,(H,18,23). The number of hydrogen-bond acceptors (Lipinski definition) is 5. The highest BCUT2D eigenvalue weighted by molar-refractivity contribution is 7.92. The number of sulfone groups is 1. The topological polar surface area (TPSA) is 104 Å². The van der Waals surface area contributed by atoms with Gasteiger partial charge in [0.1, 0.15) is 0 Å². The zero-order valence-electron chi connectivity index (χ0n) is 14.6. The van der Waals surface area contributed by atoms with Crippen LogP contribution >= 0.6 is 0 Å². The van der Waals surface area contributed by atoms with Crippen LogP contribution in [0.1, 0.15) is 19.4 Å². The van der Waals surface area contributed by atoms with E-state index >= 15 is 0 Å². The number of benzene rings is 1. The minimum Gasteiger partial charge on any atom is -0.338 e. The van der Waals surface area contributed by atoms with Gasteiger partial charge < -0.3 is 10.2 Å². The smallest absolute Gasteiger partial charge is 0.324 e. The third-order valence-corrected chi connectivity index (χ3v) is 6.86. The SMILES string of the molecule is CC(C)S(=O)(=O)c1ccc(CC(=O)N2CC(N3C(=O)CNC3=O)C2)cc1. The molecule has 3 rings (SSSR count). The lowest BCUT2D eigenvalue weighted by Crippen LogP contribution is -2.62. The van der Waals surface area contributed by atoms with Gasteiger partial charge in [-0.15, -0.1) is 0 Å². The monoisotopic (exact) mass is 379 g/mol. The maximum Gasteiger partial charge on any atom is 0.324 e. The first kappa shape index (κ1) is 18.4. The molecule has 2 aliphatic heterocycles. The summed E-state index contributed by atoms with van der Waals surface area (Å²) in [5.41, 5.74) is 0.719.